The molecule has 0 fully saturated rings. The van der Waals surface area contributed by atoms with Crippen molar-refractivity contribution in [3.8, 4) is 18.1 Å². The Morgan fingerprint density at radius 2 is 2.00 bits per heavy atom. The number of fused-ring (bicyclic) bond motifs is 1. The fraction of sp³-hybridized carbons (Fsp3) is 0. The molecule has 0 aliphatic heterocycles. The topological polar surface area (TPSA) is 20.2 Å². The van der Waals surface area contributed by atoms with E-state index in [9.17, 15) is 5.11 Å². The van der Waals surface area contributed by atoms with Crippen LogP contribution < -0.4 is 0 Å². The van der Waals surface area contributed by atoms with Gasteiger partial charge in [0.1, 0.15) is 5.75 Å². The molecule has 68 valence electrons. The first-order valence-corrected chi connectivity index (χ1v) is 4.48. The number of halogens is 1. The van der Waals surface area contributed by atoms with Crippen LogP contribution >= 0.6 is 11.6 Å². The first-order chi connectivity index (χ1) is 6.72. The Hall–Kier alpha value is -1.65. The number of rotatable bonds is 0. The molecule has 14 heavy (non-hydrogen) atoms. The van der Waals surface area contributed by atoms with Crippen molar-refractivity contribution in [2.45, 2.75) is 0 Å². The van der Waals surface area contributed by atoms with Gasteiger partial charge in [-0.1, -0.05) is 23.6 Å². The molecule has 2 rings (SSSR count). The zero-order valence-electron chi connectivity index (χ0n) is 7.29. The van der Waals surface area contributed by atoms with Gasteiger partial charge in [0.25, 0.3) is 0 Å². The Bertz CT molecular complexity index is 538. The number of hydrogen-bond donors (Lipinski definition) is 1. The van der Waals surface area contributed by atoms with Gasteiger partial charge in [0.05, 0.1) is 10.6 Å². The summed E-state index contributed by atoms with van der Waals surface area (Å²) in [4.78, 5) is 0. The predicted molar refractivity (Wildman–Crippen MR) is 58.6 cm³/mol. The Morgan fingerprint density at radius 3 is 2.71 bits per heavy atom. The first kappa shape index (κ1) is 8.93. The molecule has 0 saturated heterocycles. The Morgan fingerprint density at radius 1 is 1.21 bits per heavy atom. The summed E-state index contributed by atoms with van der Waals surface area (Å²) in [6, 6.07) is 8.59. The van der Waals surface area contributed by atoms with Crippen molar-refractivity contribution in [3.63, 3.8) is 0 Å². The molecule has 0 bridgehead atoms. The summed E-state index contributed by atoms with van der Waals surface area (Å²) < 4.78 is 0. The van der Waals surface area contributed by atoms with Gasteiger partial charge in [-0.25, -0.2) is 0 Å². The molecule has 0 unspecified atom stereocenters. The molecule has 0 spiro atoms. The van der Waals surface area contributed by atoms with Gasteiger partial charge in [0.2, 0.25) is 0 Å². The van der Waals surface area contributed by atoms with E-state index in [0.717, 1.165) is 10.8 Å². The smallest absolute Gasteiger partial charge is 0.116 e. The minimum absolute atomic E-state index is 0.225. The van der Waals surface area contributed by atoms with Gasteiger partial charge in [-0.05, 0) is 35.0 Å². The van der Waals surface area contributed by atoms with E-state index in [1.165, 1.54) is 0 Å². The summed E-state index contributed by atoms with van der Waals surface area (Å²) in [7, 11) is 0. The van der Waals surface area contributed by atoms with Crippen LogP contribution in [0.5, 0.6) is 5.75 Å². The molecular formula is C12H7ClO. The second kappa shape index (κ2) is 3.25. The third-order valence-corrected chi connectivity index (χ3v) is 2.41. The normalized spacial score (nSPS) is 10.0. The highest BCUT2D eigenvalue weighted by molar-refractivity contribution is 6.32. The molecule has 0 heterocycles. The van der Waals surface area contributed by atoms with Crippen LogP contribution in [0.4, 0.5) is 0 Å². The van der Waals surface area contributed by atoms with E-state index in [0.29, 0.717) is 10.6 Å². The number of phenolic OH excluding ortho intramolecular Hbond substituents is 1. The van der Waals surface area contributed by atoms with Crippen molar-refractivity contribution < 1.29 is 5.11 Å². The van der Waals surface area contributed by atoms with Crippen molar-refractivity contribution in [1.29, 1.82) is 0 Å². The van der Waals surface area contributed by atoms with Crippen molar-refractivity contribution >= 4 is 22.4 Å². The van der Waals surface area contributed by atoms with Crippen LogP contribution in [0.2, 0.25) is 5.02 Å². The quantitative estimate of drug-likeness (QED) is 0.651. The number of aromatic hydroxyl groups is 1. The Balaban J connectivity index is 2.90. The van der Waals surface area contributed by atoms with Crippen LogP contribution in [-0.4, -0.2) is 5.11 Å². The minimum atomic E-state index is 0.225. The lowest BCUT2D eigenvalue weighted by molar-refractivity contribution is 0.476. The van der Waals surface area contributed by atoms with Crippen LogP contribution in [-0.2, 0) is 0 Å². The molecule has 1 N–H and O–H groups in total. The number of hydrogen-bond acceptors (Lipinski definition) is 1. The average molecular weight is 203 g/mol. The van der Waals surface area contributed by atoms with E-state index in [-0.39, 0.29) is 5.75 Å². The third-order valence-electron chi connectivity index (χ3n) is 2.10. The van der Waals surface area contributed by atoms with Crippen LogP contribution in [0.15, 0.2) is 30.3 Å². The van der Waals surface area contributed by atoms with Gasteiger partial charge < -0.3 is 5.11 Å². The largest absolute Gasteiger partial charge is 0.508 e. The van der Waals surface area contributed by atoms with Gasteiger partial charge >= 0.3 is 0 Å². The minimum Gasteiger partial charge on any atom is -0.508 e. The summed E-state index contributed by atoms with van der Waals surface area (Å²) in [5.41, 5.74) is 0.671. The van der Waals surface area contributed by atoms with Gasteiger partial charge in [0, 0.05) is 0 Å². The maximum absolute atomic E-state index is 9.28. The first-order valence-electron chi connectivity index (χ1n) is 4.10. The highest BCUT2D eigenvalue weighted by Gasteiger charge is 2.03. The molecule has 2 heteroatoms. The highest BCUT2D eigenvalue weighted by Crippen LogP contribution is 2.27. The molecule has 2 aromatic carbocycles. The van der Waals surface area contributed by atoms with Gasteiger partial charge in [-0.2, -0.15) is 0 Å². The van der Waals surface area contributed by atoms with Gasteiger partial charge in [0.15, 0.2) is 0 Å². The van der Waals surface area contributed by atoms with Crippen LogP contribution in [0.1, 0.15) is 5.56 Å². The number of terminal acetylenes is 1. The van der Waals surface area contributed by atoms with E-state index in [1.54, 1.807) is 24.3 Å². The lowest BCUT2D eigenvalue weighted by atomic mass is 10.0. The third kappa shape index (κ3) is 1.30. The highest BCUT2D eigenvalue weighted by atomic mass is 35.5. The molecule has 0 aromatic heterocycles. The van der Waals surface area contributed by atoms with E-state index >= 15 is 0 Å². The summed E-state index contributed by atoms with van der Waals surface area (Å²) in [5.74, 6) is 2.77. The zero-order valence-corrected chi connectivity index (χ0v) is 8.05. The van der Waals surface area contributed by atoms with Crippen molar-refractivity contribution in [1.82, 2.24) is 0 Å². The van der Waals surface area contributed by atoms with E-state index in [4.69, 9.17) is 18.0 Å². The SMILES string of the molecule is C#Cc1c(Cl)ccc2cc(O)ccc12. The number of benzene rings is 2. The molecule has 0 radical (unpaired) electrons. The van der Waals surface area contributed by atoms with Crippen LogP contribution in [0.3, 0.4) is 0 Å². The van der Waals surface area contributed by atoms with E-state index < -0.39 is 0 Å². The summed E-state index contributed by atoms with van der Waals surface area (Å²) in [6.07, 6.45) is 5.36. The second-order valence-electron chi connectivity index (χ2n) is 2.97. The monoisotopic (exact) mass is 202 g/mol. The van der Waals surface area contributed by atoms with Crippen molar-refractivity contribution in [2.75, 3.05) is 0 Å². The fourth-order valence-electron chi connectivity index (χ4n) is 1.44. The molecule has 0 aliphatic rings. The van der Waals surface area contributed by atoms with Crippen molar-refractivity contribution in [3.05, 3.63) is 40.9 Å². The average Bonchev–Trinajstić information content (AvgIpc) is 2.18. The lowest BCUT2D eigenvalue weighted by Gasteiger charge is -2.03. The lowest BCUT2D eigenvalue weighted by Crippen LogP contribution is -1.81. The fourth-order valence-corrected chi connectivity index (χ4v) is 1.66. The summed E-state index contributed by atoms with van der Waals surface area (Å²) in [6.45, 7) is 0. The van der Waals surface area contributed by atoms with Crippen LogP contribution in [0, 0.1) is 12.3 Å². The predicted octanol–water partition coefficient (Wildman–Crippen LogP) is 3.18. The van der Waals surface area contributed by atoms with E-state index in [2.05, 4.69) is 5.92 Å². The second-order valence-corrected chi connectivity index (χ2v) is 3.38. The molecule has 2 aromatic rings. The summed E-state index contributed by atoms with van der Waals surface area (Å²) >= 11 is 5.94. The van der Waals surface area contributed by atoms with Crippen molar-refractivity contribution in [2.24, 2.45) is 0 Å². The standard InChI is InChI=1S/C12H7ClO/c1-2-10-11-5-4-9(14)7-8(11)3-6-12(10)13/h1,3-7,14H. The number of phenols is 1. The van der Waals surface area contributed by atoms with Crippen LogP contribution in [0.25, 0.3) is 10.8 Å². The van der Waals surface area contributed by atoms with Gasteiger partial charge in [-0.15, -0.1) is 6.42 Å². The molecule has 0 saturated carbocycles. The maximum atomic E-state index is 9.28. The molecule has 0 aliphatic carbocycles. The van der Waals surface area contributed by atoms with E-state index in [1.807, 2.05) is 6.07 Å². The zero-order chi connectivity index (χ0) is 10.1. The Kier molecular flexibility index (Phi) is 2.07. The maximum Gasteiger partial charge on any atom is 0.116 e. The Labute approximate surface area is 86.9 Å². The molecule has 1 nitrogen and oxygen atoms in total. The molecule has 0 atom stereocenters. The molecule has 0 amide bonds. The molecular weight excluding hydrogens is 196 g/mol. The van der Waals surface area contributed by atoms with Gasteiger partial charge in [-0.3, -0.25) is 0 Å². The summed E-state index contributed by atoms with van der Waals surface area (Å²) in [5, 5.41) is 11.6.